The van der Waals surface area contributed by atoms with Crippen molar-refractivity contribution in [2.45, 2.75) is 58.1 Å². The normalized spacial score (nSPS) is 28.4. The zero-order valence-electron chi connectivity index (χ0n) is 9.23. The second-order valence-electron chi connectivity index (χ2n) is 4.01. The lowest BCUT2D eigenvalue weighted by atomic mass is 9.97. The van der Waals surface area contributed by atoms with Gasteiger partial charge in [0.05, 0.1) is 5.60 Å². The summed E-state index contributed by atoms with van der Waals surface area (Å²) in [7, 11) is 0. The predicted octanol–water partition coefficient (Wildman–Crippen LogP) is 2.33. The van der Waals surface area contributed by atoms with Crippen LogP contribution in [0.15, 0.2) is 0 Å². The van der Waals surface area contributed by atoms with Gasteiger partial charge in [-0.3, -0.25) is 0 Å². The molecular formula is C11H23NO. The minimum atomic E-state index is 0.115. The van der Waals surface area contributed by atoms with Gasteiger partial charge in [0, 0.05) is 19.2 Å². The van der Waals surface area contributed by atoms with Crippen molar-refractivity contribution in [3.63, 3.8) is 0 Å². The van der Waals surface area contributed by atoms with E-state index >= 15 is 0 Å². The molecule has 0 amide bonds. The molecule has 0 aromatic rings. The van der Waals surface area contributed by atoms with Crippen molar-refractivity contribution < 1.29 is 4.74 Å². The first-order valence-electron chi connectivity index (χ1n) is 5.63. The summed E-state index contributed by atoms with van der Waals surface area (Å²) in [6.07, 6.45) is 4.62. The molecule has 0 aliphatic carbocycles. The smallest absolute Gasteiger partial charge is 0.0801 e. The fraction of sp³-hybridized carbons (Fsp3) is 1.00. The molecular weight excluding hydrogens is 162 g/mol. The largest absolute Gasteiger partial charge is 0.374 e. The van der Waals surface area contributed by atoms with E-state index in [0.717, 1.165) is 32.4 Å². The summed E-state index contributed by atoms with van der Waals surface area (Å²) in [4.78, 5) is 0. The number of ether oxygens (including phenoxy) is 1. The van der Waals surface area contributed by atoms with Gasteiger partial charge in [-0.1, -0.05) is 20.8 Å². The molecule has 1 saturated heterocycles. The van der Waals surface area contributed by atoms with E-state index in [-0.39, 0.29) is 5.60 Å². The van der Waals surface area contributed by atoms with E-state index in [1.54, 1.807) is 0 Å². The van der Waals surface area contributed by atoms with Crippen molar-refractivity contribution in [3.8, 4) is 0 Å². The molecule has 1 atom stereocenters. The molecule has 2 nitrogen and oxygen atoms in total. The van der Waals surface area contributed by atoms with E-state index in [9.17, 15) is 0 Å². The molecule has 1 unspecified atom stereocenters. The van der Waals surface area contributed by atoms with Crippen LogP contribution in [-0.4, -0.2) is 24.8 Å². The molecule has 1 aliphatic rings. The molecule has 0 bridgehead atoms. The maximum Gasteiger partial charge on any atom is 0.0801 e. The van der Waals surface area contributed by atoms with Crippen LogP contribution in [0.3, 0.4) is 0 Å². The SMILES string of the molecule is CCC1CCOC(CC)(CC)CN1. The monoisotopic (exact) mass is 185 g/mol. The first-order chi connectivity index (χ1) is 6.26. The predicted molar refractivity (Wildman–Crippen MR) is 56.0 cm³/mol. The molecule has 0 radical (unpaired) electrons. The maximum atomic E-state index is 5.96. The average molecular weight is 185 g/mol. The Bertz CT molecular complexity index is 143. The summed E-state index contributed by atoms with van der Waals surface area (Å²) < 4.78 is 5.96. The zero-order chi connectivity index (χ0) is 9.73. The van der Waals surface area contributed by atoms with Crippen molar-refractivity contribution >= 4 is 0 Å². The average Bonchev–Trinajstić information content (AvgIpc) is 2.40. The highest BCUT2D eigenvalue weighted by molar-refractivity contribution is 4.85. The molecule has 1 N–H and O–H groups in total. The van der Waals surface area contributed by atoms with Crippen LogP contribution in [0.25, 0.3) is 0 Å². The first kappa shape index (κ1) is 11.0. The maximum absolute atomic E-state index is 5.96. The van der Waals surface area contributed by atoms with E-state index in [1.165, 1.54) is 6.42 Å². The van der Waals surface area contributed by atoms with Gasteiger partial charge in [-0.05, 0) is 25.7 Å². The Hall–Kier alpha value is -0.0800. The van der Waals surface area contributed by atoms with Crippen LogP contribution in [0.2, 0.25) is 0 Å². The topological polar surface area (TPSA) is 21.3 Å². The van der Waals surface area contributed by atoms with E-state index in [4.69, 9.17) is 4.74 Å². The van der Waals surface area contributed by atoms with Crippen LogP contribution < -0.4 is 5.32 Å². The fourth-order valence-corrected chi connectivity index (χ4v) is 1.95. The summed E-state index contributed by atoms with van der Waals surface area (Å²) in [5, 5.41) is 3.60. The van der Waals surface area contributed by atoms with Gasteiger partial charge in [0.25, 0.3) is 0 Å². The molecule has 1 rings (SSSR count). The molecule has 1 fully saturated rings. The minimum Gasteiger partial charge on any atom is -0.374 e. The van der Waals surface area contributed by atoms with Gasteiger partial charge in [-0.15, -0.1) is 0 Å². The van der Waals surface area contributed by atoms with Gasteiger partial charge in [0.15, 0.2) is 0 Å². The van der Waals surface area contributed by atoms with Crippen molar-refractivity contribution in [3.05, 3.63) is 0 Å². The Morgan fingerprint density at radius 3 is 2.54 bits per heavy atom. The first-order valence-corrected chi connectivity index (χ1v) is 5.63. The summed E-state index contributed by atoms with van der Waals surface area (Å²) in [5.74, 6) is 0. The fourth-order valence-electron chi connectivity index (χ4n) is 1.95. The second-order valence-corrected chi connectivity index (χ2v) is 4.01. The second kappa shape index (κ2) is 4.97. The third kappa shape index (κ3) is 2.68. The Morgan fingerprint density at radius 2 is 2.00 bits per heavy atom. The van der Waals surface area contributed by atoms with E-state index in [0.29, 0.717) is 6.04 Å². The van der Waals surface area contributed by atoms with Gasteiger partial charge in [-0.25, -0.2) is 0 Å². The Kier molecular flexibility index (Phi) is 4.20. The highest BCUT2D eigenvalue weighted by Gasteiger charge is 2.29. The highest BCUT2D eigenvalue weighted by Crippen LogP contribution is 2.23. The van der Waals surface area contributed by atoms with Crippen molar-refractivity contribution in [1.82, 2.24) is 5.32 Å². The standard InChI is InChI=1S/C11H23NO/c1-4-10-7-8-13-11(5-2,6-3)9-12-10/h10,12H,4-9H2,1-3H3. The van der Waals surface area contributed by atoms with Crippen LogP contribution in [0.1, 0.15) is 46.5 Å². The molecule has 1 heterocycles. The van der Waals surface area contributed by atoms with Gasteiger partial charge in [0.2, 0.25) is 0 Å². The van der Waals surface area contributed by atoms with Gasteiger partial charge >= 0.3 is 0 Å². The van der Waals surface area contributed by atoms with Crippen molar-refractivity contribution in [2.75, 3.05) is 13.2 Å². The van der Waals surface area contributed by atoms with Gasteiger partial charge in [-0.2, -0.15) is 0 Å². The molecule has 2 heteroatoms. The van der Waals surface area contributed by atoms with Crippen molar-refractivity contribution in [2.24, 2.45) is 0 Å². The lowest BCUT2D eigenvalue weighted by Crippen LogP contribution is -2.42. The third-order valence-corrected chi connectivity index (χ3v) is 3.37. The summed E-state index contributed by atoms with van der Waals surface area (Å²) >= 11 is 0. The summed E-state index contributed by atoms with van der Waals surface area (Å²) in [6.45, 7) is 8.63. The lowest BCUT2D eigenvalue weighted by molar-refractivity contribution is -0.0388. The molecule has 13 heavy (non-hydrogen) atoms. The van der Waals surface area contributed by atoms with Crippen LogP contribution in [0, 0.1) is 0 Å². The number of hydrogen-bond donors (Lipinski definition) is 1. The number of nitrogens with one attached hydrogen (secondary N) is 1. The molecule has 0 aromatic heterocycles. The Morgan fingerprint density at radius 1 is 1.31 bits per heavy atom. The summed E-state index contributed by atoms with van der Waals surface area (Å²) in [6, 6.07) is 0.667. The van der Waals surface area contributed by atoms with E-state index in [1.807, 2.05) is 0 Å². The van der Waals surface area contributed by atoms with Crippen LogP contribution in [0.4, 0.5) is 0 Å². The molecule has 78 valence electrons. The molecule has 0 saturated carbocycles. The quantitative estimate of drug-likeness (QED) is 0.728. The van der Waals surface area contributed by atoms with Crippen molar-refractivity contribution in [1.29, 1.82) is 0 Å². The van der Waals surface area contributed by atoms with Crippen LogP contribution >= 0.6 is 0 Å². The Balaban J connectivity index is 2.51. The lowest BCUT2D eigenvalue weighted by Gasteiger charge is -2.30. The van der Waals surface area contributed by atoms with Crippen LogP contribution in [0.5, 0.6) is 0 Å². The zero-order valence-corrected chi connectivity index (χ0v) is 9.23. The highest BCUT2D eigenvalue weighted by atomic mass is 16.5. The summed E-state index contributed by atoms with van der Waals surface area (Å²) in [5.41, 5.74) is 0.115. The molecule has 1 aliphatic heterocycles. The van der Waals surface area contributed by atoms with Gasteiger partial charge < -0.3 is 10.1 Å². The van der Waals surface area contributed by atoms with E-state index in [2.05, 4.69) is 26.1 Å². The Labute approximate surface area is 82.0 Å². The van der Waals surface area contributed by atoms with Crippen LogP contribution in [-0.2, 0) is 4.74 Å². The van der Waals surface area contributed by atoms with E-state index < -0.39 is 0 Å². The number of hydrogen-bond acceptors (Lipinski definition) is 2. The molecule has 0 spiro atoms. The molecule has 0 aromatic carbocycles. The van der Waals surface area contributed by atoms with Gasteiger partial charge in [0.1, 0.15) is 0 Å². The third-order valence-electron chi connectivity index (χ3n) is 3.37. The minimum absolute atomic E-state index is 0.115. The number of rotatable bonds is 3.